The lowest BCUT2D eigenvalue weighted by Gasteiger charge is -2.22. The maximum absolute atomic E-state index is 13.2. The number of fused-ring (bicyclic) bond motifs is 1. The van der Waals surface area contributed by atoms with E-state index in [1.54, 1.807) is 11.9 Å². The quantitative estimate of drug-likeness (QED) is 0.657. The normalized spacial score (nSPS) is 16.1. The lowest BCUT2D eigenvalue weighted by Crippen LogP contribution is -2.39. The van der Waals surface area contributed by atoms with Gasteiger partial charge in [0, 0.05) is 31.6 Å². The first kappa shape index (κ1) is 20.1. The highest BCUT2D eigenvalue weighted by Gasteiger charge is 2.24. The monoisotopic (exact) mass is 400 g/mol. The maximum Gasteiger partial charge on any atom is 0.254 e. The van der Waals surface area contributed by atoms with Gasteiger partial charge in [0.05, 0.1) is 0 Å². The number of carbonyl (C=O) groups is 2. The molecule has 1 aliphatic rings. The van der Waals surface area contributed by atoms with Crippen LogP contribution in [0, 0.1) is 0 Å². The Kier molecular flexibility index (Phi) is 5.58. The summed E-state index contributed by atoms with van der Waals surface area (Å²) in [6.07, 6.45) is 1.32. The van der Waals surface area contributed by atoms with E-state index >= 15 is 0 Å². The molecule has 0 spiro atoms. The minimum atomic E-state index is -0.0194. The van der Waals surface area contributed by atoms with E-state index < -0.39 is 0 Å². The average Bonchev–Trinajstić information content (AvgIpc) is 3.16. The van der Waals surface area contributed by atoms with E-state index in [9.17, 15) is 9.59 Å². The van der Waals surface area contributed by atoms with E-state index in [4.69, 9.17) is 0 Å². The van der Waals surface area contributed by atoms with Crippen molar-refractivity contribution in [3.05, 3.63) is 71.8 Å². The summed E-state index contributed by atoms with van der Waals surface area (Å²) < 4.78 is 0. The van der Waals surface area contributed by atoms with E-state index in [-0.39, 0.29) is 17.9 Å². The zero-order valence-corrected chi connectivity index (χ0v) is 17.8. The second-order valence-electron chi connectivity index (χ2n) is 8.47. The number of hydrogen-bond acceptors (Lipinski definition) is 2. The smallest absolute Gasteiger partial charge is 0.254 e. The Balaban J connectivity index is 1.66. The number of likely N-dealkylation sites (N-methyl/N-ethyl adjacent to an activating group) is 1. The van der Waals surface area contributed by atoms with Crippen LogP contribution in [0.25, 0.3) is 21.9 Å². The maximum atomic E-state index is 13.2. The van der Waals surface area contributed by atoms with E-state index in [1.807, 2.05) is 24.3 Å². The standard InChI is InChI=1S/C26H28N2O2/c1-17(2)18-10-12-19(13-11-18)21-6-4-8-23-22(21)7-5-9-24(23)26(30)28(3)16-20-14-15-25(29)27-20/h4-13,17,20H,14-16H2,1-3H3,(H,27,29). The number of nitrogens with one attached hydrogen (secondary N) is 1. The molecule has 4 nitrogen and oxygen atoms in total. The molecule has 154 valence electrons. The van der Waals surface area contributed by atoms with Crippen molar-refractivity contribution >= 4 is 22.6 Å². The number of benzene rings is 3. The third-order valence-corrected chi connectivity index (χ3v) is 5.97. The molecule has 1 fully saturated rings. The molecule has 0 radical (unpaired) electrons. The number of hydrogen-bond donors (Lipinski definition) is 1. The highest BCUT2D eigenvalue weighted by molar-refractivity contribution is 6.10. The molecule has 1 saturated heterocycles. The van der Waals surface area contributed by atoms with Gasteiger partial charge in [0.1, 0.15) is 0 Å². The molecule has 4 rings (SSSR count). The van der Waals surface area contributed by atoms with Crippen molar-refractivity contribution in [3.63, 3.8) is 0 Å². The van der Waals surface area contributed by atoms with Gasteiger partial charge in [-0.3, -0.25) is 9.59 Å². The Bertz CT molecular complexity index is 1090. The predicted octanol–water partition coefficient (Wildman–Crippen LogP) is 4.98. The van der Waals surface area contributed by atoms with Crippen LogP contribution in [0.3, 0.4) is 0 Å². The molecular weight excluding hydrogens is 372 g/mol. The van der Waals surface area contributed by atoms with Gasteiger partial charge in [0.2, 0.25) is 5.91 Å². The Morgan fingerprint density at radius 2 is 1.73 bits per heavy atom. The van der Waals surface area contributed by atoms with Crippen LogP contribution in [-0.2, 0) is 4.79 Å². The first-order valence-corrected chi connectivity index (χ1v) is 10.6. The van der Waals surface area contributed by atoms with Gasteiger partial charge in [-0.15, -0.1) is 0 Å². The summed E-state index contributed by atoms with van der Waals surface area (Å²) in [4.78, 5) is 26.4. The Morgan fingerprint density at radius 3 is 2.40 bits per heavy atom. The average molecular weight is 401 g/mol. The lowest BCUT2D eigenvalue weighted by molar-refractivity contribution is -0.119. The van der Waals surface area contributed by atoms with Crippen molar-refractivity contribution in [1.29, 1.82) is 0 Å². The minimum absolute atomic E-state index is 0.0194. The summed E-state index contributed by atoms with van der Waals surface area (Å²) in [5.74, 6) is 0.546. The van der Waals surface area contributed by atoms with Gasteiger partial charge in [-0.25, -0.2) is 0 Å². The predicted molar refractivity (Wildman–Crippen MR) is 122 cm³/mol. The van der Waals surface area contributed by atoms with Crippen molar-refractivity contribution in [2.24, 2.45) is 0 Å². The summed E-state index contributed by atoms with van der Waals surface area (Å²) >= 11 is 0. The van der Waals surface area contributed by atoms with Crippen LogP contribution in [0.15, 0.2) is 60.7 Å². The van der Waals surface area contributed by atoms with Gasteiger partial charge in [-0.2, -0.15) is 0 Å². The molecule has 2 amide bonds. The van der Waals surface area contributed by atoms with Crippen molar-refractivity contribution in [2.45, 2.75) is 38.6 Å². The highest BCUT2D eigenvalue weighted by atomic mass is 16.2. The summed E-state index contributed by atoms with van der Waals surface area (Å²) in [6, 6.07) is 20.8. The van der Waals surface area contributed by atoms with Gasteiger partial charge in [-0.1, -0.05) is 68.4 Å². The van der Waals surface area contributed by atoms with Gasteiger partial charge in [0.25, 0.3) is 5.91 Å². The molecule has 3 aromatic carbocycles. The Morgan fingerprint density at radius 1 is 1.03 bits per heavy atom. The minimum Gasteiger partial charge on any atom is -0.352 e. The largest absolute Gasteiger partial charge is 0.352 e. The number of rotatable bonds is 5. The lowest BCUT2D eigenvalue weighted by atomic mass is 9.93. The summed E-state index contributed by atoms with van der Waals surface area (Å²) in [5, 5.41) is 4.96. The van der Waals surface area contributed by atoms with Crippen LogP contribution in [0.2, 0.25) is 0 Å². The van der Waals surface area contributed by atoms with E-state index in [2.05, 4.69) is 55.6 Å². The van der Waals surface area contributed by atoms with Crippen molar-refractivity contribution < 1.29 is 9.59 Å². The molecule has 0 bridgehead atoms. The molecule has 0 aromatic heterocycles. The second kappa shape index (κ2) is 8.31. The highest BCUT2D eigenvalue weighted by Crippen LogP contribution is 2.31. The fourth-order valence-corrected chi connectivity index (χ4v) is 4.23. The van der Waals surface area contributed by atoms with Gasteiger partial charge in [0.15, 0.2) is 0 Å². The molecule has 0 saturated carbocycles. The molecule has 3 aromatic rings. The first-order valence-electron chi connectivity index (χ1n) is 10.6. The van der Waals surface area contributed by atoms with Crippen LogP contribution in [0.5, 0.6) is 0 Å². The SMILES string of the molecule is CC(C)c1ccc(-c2cccc3c(C(=O)N(C)CC4CCC(=O)N4)cccc23)cc1. The molecule has 1 aliphatic heterocycles. The molecule has 0 aliphatic carbocycles. The van der Waals surface area contributed by atoms with Crippen LogP contribution < -0.4 is 5.32 Å². The van der Waals surface area contributed by atoms with Crippen molar-refractivity contribution in [3.8, 4) is 11.1 Å². The van der Waals surface area contributed by atoms with E-state index in [1.165, 1.54) is 5.56 Å². The fraction of sp³-hybridized carbons (Fsp3) is 0.308. The molecule has 1 atom stereocenters. The zero-order chi connectivity index (χ0) is 21.3. The second-order valence-corrected chi connectivity index (χ2v) is 8.47. The summed E-state index contributed by atoms with van der Waals surface area (Å²) in [5.41, 5.74) is 4.29. The molecular formula is C26H28N2O2. The summed E-state index contributed by atoms with van der Waals surface area (Å²) in [6.45, 7) is 4.91. The Labute approximate surface area is 177 Å². The third-order valence-electron chi connectivity index (χ3n) is 5.97. The topological polar surface area (TPSA) is 49.4 Å². The van der Waals surface area contributed by atoms with Crippen LogP contribution >= 0.6 is 0 Å². The van der Waals surface area contributed by atoms with E-state index in [0.29, 0.717) is 24.4 Å². The van der Waals surface area contributed by atoms with Crippen LogP contribution in [-0.4, -0.2) is 36.3 Å². The molecule has 4 heteroatoms. The van der Waals surface area contributed by atoms with Gasteiger partial charge in [-0.05, 0) is 45.9 Å². The molecule has 30 heavy (non-hydrogen) atoms. The zero-order valence-electron chi connectivity index (χ0n) is 17.8. The Hall–Kier alpha value is -3.14. The number of nitrogens with zero attached hydrogens (tertiary/aromatic N) is 1. The fourth-order valence-electron chi connectivity index (χ4n) is 4.23. The van der Waals surface area contributed by atoms with E-state index in [0.717, 1.165) is 28.3 Å². The van der Waals surface area contributed by atoms with Crippen molar-refractivity contribution in [2.75, 3.05) is 13.6 Å². The third kappa shape index (κ3) is 3.95. The molecule has 1 N–H and O–H groups in total. The summed E-state index contributed by atoms with van der Waals surface area (Å²) in [7, 11) is 1.81. The molecule has 1 heterocycles. The number of amides is 2. The molecule has 1 unspecified atom stereocenters. The van der Waals surface area contributed by atoms with Gasteiger partial charge >= 0.3 is 0 Å². The first-order chi connectivity index (χ1) is 14.4. The number of carbonyl (C=O) groups excluding carboxylic acids is 2. The van der Waals surface area contributed by atoms with Crippen molar-refractivity contribution in [1.82, 2.24) is 10.2 Å². The van der Waals surface area contributed by atoms with Crippen LogP contribution in [0.4, 0.5) is 0 Å². The van der Waals surface area contributed by atoms with Gasteiger partial charge < -0.3 is 10.2 Å². The van der Waals surface area contributed by atoms with Crippen LogP contribution in [0.1, 0.15) is 48.5 Å².